The highest BCUT2D eigenvalue weighted by Crippen LogP contribution is 2.21. The topological polar surface area (TPSA) is 82.2 Å². The zero-order chi connectivity index (χ0) is 13.7. The van der Waals surface area contributed by atoms with Crippen molar-refractivity contribution >= 4 is 35.1 Å². The third kappa shape index (κ3) is 4.23. The fraction of sp³-hybridized carbons (Fsp3) is 0.455. The van der Waals surface area contributed by atoms with Crippen LogP contribution in [0.4, 0.5) is 0 Å². The molecule has 1 unspecified atom stereocenters. The van der Waals surface area contributed by atoms with Crippen molar-refractivity contribution in [3.05, 3.63) is 21.9 Å². The number of carbonyl (C=O) groups excluding carboxylic acids is 1. The summed E-state index contributed by atoms with van der Waals surface area (Å²) in [5.41, 5.74) is 0.259. The minimum absolute atomic E-state index is 0.0308. The summed E-state index contributed by atoms with van der Waals surface area (Å²) in [5.74, 6) is -1.32. The summed E-state index contributed by atoms with van der Waals surface area (Å²) in [5, 5.41) is 11.8. The van der Waals surface area contributed by atoms with Gasteiger partial charge in [0.05, 0.1) is 5.02 Å². The quantitative estimate of drug-likeness (QED) is 0.753. The van der Waals surface area contributed by atoms with Crippen LogP contribution >= 0.6 is 23.2 Å². The van der Waals surface area contributed by atoms with Gasteiger partial charge in [0.25, 0.3) is 5.91 Å². The van der Waals surface area contributed by atoms with Gasteiger partial charge in [-0.1, -0.05) is 36.5 Å². The third-order valence-corrected chi connectivity index (χ3v) is 3.25. The molecule has 0 aliphatic heterocycles. The highest BCUT2D eigenvalue weighted by atomic mass is 35.5. The van der Waals surface area contributed by atoms with Crippen LogP contribution in [-0.2, 0) is 4.79 Å². The molecule has 0 radical (unpaired) electrons. The Kier molecular flexibility index (Phi) is 5.50. The molecule has 1 aromatic heterocycles. The largest absolute Gasteiger partial charge is 0.481 e. The van der Waals surface area contributed by atoms with E-state index in [0.29, 0.717) is 13.0 Å². The normalized spacial score (nSPS) is 12.2. The van der Waals surface area contributed by atoms with Gasteiger partial charge in [0.15, 0.2) is 0 Å². The Hall–Kier alpha value is -1.20. The number of carboxylic acid groups (broad SMARTS) is 1. The van der Waals surface area contributed by atoms with Crippen LogP contribution < -0.4 is 5.32 Å². The zero-order valence-electron chi connectivity index (χ0n) is 9.80. The number of hydrogen-bond acceptors (Lipinski definition) is 2. The molecule has 7 heteroatoms. The number of amides is 1. The van der Waals surface area contributed by atoms with Crippen molar-refractivity contribution < 1.29 is 14.7 Å². The van der Waals surface area contributed by atoms with E-state index in [4.69, 9.17) is 28.3 Å². The molecule has 1 aromatic rings. The highest BCUT2D eigenvalue weighted by molar-refractivity contribution is 6.41. The van der Waals surface area contributed by atoms with Gasteiger partial charge >= 0.3 is 5.97 Å². The molecule has 1 amide bonds. The second-order valence-corrected chi connectivity index (χ2v) is 4.71. The lowest BCUT2D eigenvalue weighted by atomic mass is 10.0. The van der Waals surface area contributed by atoms with E-state index in [1.165, 1.54) is 6.07 Å². The van der Waals surface area contributed by atoms with Crippen LogP contribution in [0, 0.1) is 5.92 Å². The van der Waals surface area contributed by atoms with Gasteiger partial charge in [0, 0.05) is 13.0 Å². The Morgan fingerprint density at radius 2 is 2.17 bits per heavy atom. The molecule has 100 valence electrons. The van der Waals surface area contributed by atoms with Gasteiger partial charge < -0.3 is 15.4 Å². The number of hydrogen-bond donors (Lipinski definition) is 3. The second kappa shape index (κ2) is 6.66. The number of H-pyrrole nitrogens is 1. The molecule has 0 saturated carbocycles. The van der Waals surface area contributed by atoms with Crippen molar-refractivity contribution in [2.75, 3.05) is 6.54 Å². The van der Waals surface area contributed by atoms with E-state index in [1.807, 2.05) is 6.92 Å². The molecule has 0 aromatic carbocycles. The second-order valence-electron chi connectivity index (χ2n) is 3.93. The van der Waals surface area contributed by atoms with E-state index in [2.05, 4.69) is 10.3 Å². The number of aromatic nitrogens is 1. The van der Waals surface area contributed by atoms with Crippen molar-refractivity contribution in [2.24, 2.45) is 5.92 Å². The summed E-state index contributed by atoms with van der Waals surface area (Å²) in [4.78, 5) is 24.9. The van der Waals surface area contributed by atoms with Crippen molar-refractivity contribution in [3.63, 3.8) is 0 Å². The maximum absolute atomic E-state index is 11.7. The molecule has 3 N–H and O–H groups in total. The summed E-state index contributed by atoms with van der Waals surface area (Å²) in [7, 11) is 0. The molecule has 0 spiro atoms. The first-order chi connectivity index (χ1) is 8.43. The lowest BCUT2D eigenvalue weighted by molar-refractivity contribution is -0.138. The van der Waals surface area contributed by atoms with Crippen LogP contribution in [0.2, 0.25) is 10.2 Å². The molecule has 1 heterocycles. The fourth-order valence-electron chi connectivity index (χ4n) is 1.47. The molecule has 0 aliphatic carbocycles. The number of rotatable bonds is 6. The van der Waals surface area contributed by atoms with E-state index in [0.717, 1.165) is 0 Å². The lowest BCUT2D eigenvalue weighted by Crippen LogP contribution is -2.30. The standard InChI is InChI=1S/C11H14Cl2N2O3/c1-2-6(3-9(16)17)5-14-11(18)8-4-7(12)10(13)15-8/h4,6,15H,2-3,5H2,1H3,(H,14,18)(H,16,17). The maximum Gasteiger partial charge on any atom is 0.303 e. The average molecular weight is 293 g/mol. The van der Waals surface area contributed by atoms with Crippen LogP contribution in [0.1, 0.15) is 30.3 Å². The van der Waals surface area contributed by atoms with Crippen LogP contribution in [0.25, 0.3) is 0 Å². The Morgan fingerprint density at radius 1 is 1.50 bits per heavy atom. The van der Waals surface area contributed by atoms with Crippen molar-refractivity contribution in [1.82, 2.24) is 10.3 Å². The third-order valence-electron chi connectivity index (χ3n) is 2.56. The SMILES string of the molecule is CCC(CNC(=O)c1cc(Cl)c(Cl)[nH]1)CC(=O)O. The Balaban J connectivity index is 2.52. The monoisotopic (exact) mass is 292 g/mol. The summed E-state index contributed by atoms with van der Waals surface area (Å²) in [6, 6.07) is 1.43. The zero-order valence-corrected chi connectivity index (χ0v) is 11.3. The first-order valence-corrected chi connectivity index (χ1v) is 6.23. The molecule has 5 nitrogen and oxygen atoms in total. The van der Waals surface area contributed by atoms with E-state index >= 15 is 0 Å². The van der Waals surface area contributed by atoms with Crippen LogP contribution in [0.5, 0.6) is 0 Å². The van der Waals surface area contributed by atoms with E-state index in [1.54, 1.807) is 0 Å². The summed E-state index contributed by atoms with van der Waals surface area (Å²) in [6.07, 6.45) is 0.710. The number of aliphatic carboxylic acids is 1. The maximum atomic E-state index is 11.7. The van der Waals surface area contributed by atoms with E-state index in [9.17, 15) is 9.59 Å². The minimum Gasteiger partial charge on any atom is -0.481 e. The molecular weight excluding hydrogens is 279 g/mol. The number of aromatic amines is 1. The summed E-state index contributed by atoms with van der Waals surface area (Å²) >= 11 is 11.4. The first kappa shape index (κ1) is 14.9. The Bertz CT molecular complexity index is 426. The molecule has 0 bridgehead atoms. The Labute approximate surface area is 114 Å². The molecule has 1 rings (SSSR count). The van der Waals surface area contributed by atoms with Crippen LogP contribution in [0.3, 0.4) is 0 Å². The van der Waals surface area contributed by atoms with Crippen molar-refractivity contribution in [2.45, 2.75) is 19.8 Å². The average Bonchev–Trinajstić information content (AvgIpc) is 2.64. The highest BCUT2D eigenvalue weighted by Gasteiger charge is 2.15. The predicted molar refractivity (Wildman–Crippen MR) is 69.2 cm³/mol. The van der Waals surface area contributed by atoms with Gasteiger partial charge in [-0.05, 0) is 12.0 Å². The number of halogens is 2. The molecular formula is C11H14Cl2N2O3. The predicted octanol–water partition coefficient (Wildman–Crippen LogP) is 2.55. The van der Waals surface area contributed by atoms with E-state index in [-0.39, 0.29) is 34.1 Å². The van der Waals surface area contributed by atoms with Gasteiger partial charge in [-0.3, -0.25) is 9.59 Å². The number of carboxylic acids is 1. The minimum atomic E-state index is -0.873. The smallest absolute Gasteiger partial charge is 0.303 e. The van der Waals surface area contributed by atoms with Crippen molar-refractivity contribution in [3.8, 4) is 0 Å². The van der Waals surface area contributed by atoms with Crippen molar-refractivity contribution in [1.29, 1.82) is 0 Å². The number of carbonyl (C=O) groups is 2. The molecule has 0 aliphatic rings. The van der Waals surface area contributed by atoms with Gasteiger partial charge in [0.2, 0.25) is 0 Å². The summed E-state index contributed by atoms with van der Waals surface area (Å²) in [6.45, 7) is 2.18. The molecule has 0 saturated heterocycles. The fourth-order valence-corrected chi connectivity index (χ4v) is 1.78. The van der Waals surface area contributed by atoms with Gasteiger partial charge in [0.1, 0.15) is 10.8 Å². The molecule has 0 fully saturated rings. The Morgan fingerprint density at radius 3 is 2.61 bits per heavy atom. The number of nitrogens with one attached hydrogen (secondary N) is 2. The molecule has 18 heavy (non-hydrogen) atoms. The van der Waals surface area contributed by atoms with Crippen LogP contribution in [0.15, 0.2) is 6.07 Å². The van der Waals surface area contributed by atoms with Gasteiger partial charge in [-0.2, -0.15) is 0 Å². The van der Waals surface area contributed by atoms with Gasteiger partial charge in [-0.15, -0.1) is 0 Å². The lowest BCUT2D eigenvalue weighted by Gasteiger charge is -2.12. The van der Waals surface area contributed by atoms with Crippen LogP contribution in [-0.4, -0.2) is 28.5 Å². The van der Waals surface area contributed by atoms with Gasteiger partial charge in [-0.25, -0.2) is 0 Å². The summed E-state index contributed by atoms with van der Waals surface area (Å²) < 4.78 is 0. The molecule has 1 atom stereocenters. The first-order valence-electron chi connectivity index (χ1n) is 5.48. The van der Waals surface area contributed by atoms with E-state index < -0.39 is 5.97 Å².